The highest BCUT2D eigenvalue weighted by Crippen LogP contribution is 2.22. The van der Waals surface area contributed by atoms with Crippen LogP contribution in [-0.4, -0.2) is 25.7 Å². The summed E-state index contributed by atoms with van der Waals surface area (Å²) in [5.74, 6) is 1.37. The Morgan fingerprint density at radius 2 is 1.84 bits per heavy atom. The van der Waals surface area contributed by atoms with Gasteiger partial charge >= 0.3 is 0 Å². The van der Waals surface area contributed by atoms with Crippen LogP contribution in [0.25, 0.3) is 22.4 Å². The number of benzene rings is 2. The molecule has 0 saturated heterocycles. The Labute approximate surface area is 182 Å². The minimum atomic E-state index is 0.00639. The second-order valence-electron chi connectivity index (χ2n) is 8.45. The van der Waals surface area contributed by atoms with E-state index < -0.39 is 0 Å². The molecule has 2 aromatic carbocycles. The third-order valence-electron chi connectivity index (χ3n) is 5.50. The summed E-state index contributed by atoms with van der Waals surface area (Å²) in [6, 6.07) is 15.7. The minimum absolute atomic E-state index is 0.00639. The molecule has 4 aromatic rings. The summed E-state index contributed by atoms with van der Waals surface area (Å²) in [4.78, 5) is 20.5. The van der Waals surface area contributed by atoms with Gasteiger partial charge in [0.2, 0.25) is 5.91 Å². The number of para-hydroxylation sites is 2. The van der Waals surface area contributed by atoms with Gasteiger partial charge in [0.15, 0.2) is 0 Å². The normalized spacial score (nSPS) is 11.4. The zero-order valence-corrected chi connectivity index (χ0v) is 18.6. The van der Waals surface area contributed by atoms with Crippen molar-refractivity contribution < 1.29 is 4.79 Å². The molecule has 0 radical (unpaired) electrons. The number of rotatable bonds is 7. The number of nitrogens with one attached hydrogen (secondary N) is 2. The van der Waals surface area contributed by atoms with Crippen LogP contribution in [-0.2, 0) is 17.8 Å². The lowest BCUT2D eigenvalue weighted by molar-refractivity contribution is -0.116. The van der Waals surface area contributed by atoms with Crippen molar-refractivity contribution >= 4 is 22.6 Å². The van der Waals surface area contributed by atoms with E-state index in [1.165, 1.54) is 5.56 Å². The van der Waals surface area contributed by atoms with Gasteiger partial charge in [-0.3, -0.25) is 9.48 Å². The Kier molecular flexibility index (Phi) is 5.89. The van der Waals surface area contributed by atoms with Crippen molar-refractivity contribution in [3.63, 3.8) is 0 Å². The van der Waals surface area contributed by atoms with Crippen molar-refractivity contribution in [2.75, 3.05) is 5.32 Å². The van der Waals surface area contributed by atoms with Crippen molar-refractivity contribution in [2.45, 2.75) is 47.1 Å². The van der Waals surface area contributed by atoms with Gasteiger partial charge in [-0.1, -0.05) is 26.0 Å². The number of aromatic nitrogens is 4. The second-order valence-corrected chi connectivity index (χ2v) is 8.45. The largest absolute Gasteiger partial charge is 0.338 e. The van der Waals surface area contributed by atoms with Crippen LogP contribution in [0, 0.1) is 19.8 Å². The molecule has 6 heteroatoms. The first-order valence-corrected chi connectivity index (χ1v) is 10.8. The quantitative estimate of drug-likeness (QED) is 0.432. The summed E-state index contributed by atoms with van der Waals surface area (Å²) < 4.78 is 2.06. The standard InChI is InChI=1S/C25H29N5O/c1-16(2)15-30-18(4)21(17(3)29-30)13-14-24(31)26-20-11-9-19(10-12-20)25-27-22-7-5-6-8-23(22)28-25/h5-12,16H,13-15H2,1-4H3,(H,26,31)(H,27,28). The molecule has 0 saturated carbocycles. The van der Waals surface area contributed by atoms with Gasteiger partial charge in [0.05, 0.1) is 16.7 Å². The van der Waals surface area contributed by atoms with Gasteiger partial charge in [0.25, 0.3) is 0 Å². The molecule has 4 rings (SSSR count). The minimum Gasteiger partial charge on any atom is -0.338 e. The molecule has 0 aliphatic carbocycles. The molecule has 0 spiro atoms. The molecule has 0 unspecified atom stereocenters. The van der Waals surface area contributed by atoms with E-state index in [1.54, 1.807) is 0 Å². The Bertz CT molecular complexity index is 1170. The van der Waals surface area contributed by atoms with Crippen LogP contribution >= 0.6 is 0 Å². The number of carbonyl (C=O) groups is 1. The van der Waals surface area contributed by atoms with Crippen LogP contribution in [0.5, 0.6) is 0 Å². The third-order valence-corrected chi connectivity index (χ3v) is 5.50. The number of nitrogens with zero attached hydrogens (tertiary/aromatic N) is 3. The molecule has 6 nitrogen and oxygen atoms in total. The van der Waals surface area contributed by atoms with Crippen LogP contribution < -0.4 is 5.32 Å². The van der Waals surface area contributed by atoms with Crippen LogP contribution in [0.4, 0.5) is 5.69 Å². The average molecular weight is 416 g/mol. The van der Waals surface area contributed by atoms with Gasteiger partial charge < -0.3 is 10.3 Å². The van der Waals surface area contributed by atoms with Gasteiger partial charge in [0, 0.05) is 29.9 Å². The first-order valence-electron chi connectivity index (χ1n) is 10.8. The van der Waals surface area contributed by atoms with E-state index in [0.717, 1.165) is 46.0 Å². The lowest BCUT2D eigenvalue weighted by Crippen LogP contribution is -2.13. The summed E-state index contributed by atoms with van der Waals surface area (Å²) in [6.07, 6.45) is 1.12. The molecule has 1 amide bonds. The summed E-state index contributed by atoms with van der Waals surface area (Å²) in [5, 5.41) is 7.64. The summed E-state index contributed by atoms with van der Waals surface area (Å²) in [5.41, 5.74) is 7.08. The van der Waals surface area contributed by atoms with E-state index in [-0.39, 0.29) is 5.91 Å². The smallest absolute Gasteiger partial charge is 0.224 e. The monoisotopic (exact) mass is 415 g/mol. The molecular formula is C25H29N5O. The number of hydrogen-bond donors (Lipinski definition) is 2. The van der Waals surface area contributed by atoms with Crippen molar-refractivity contribution in [1.29, 1.82) is 0 Å². The molecule has 2 N–H and O–H groups in total. The van der Waals surface area contributed by atoms with Crippen molar-refractivity contribution in [3.8, 4) is 11.4 Å². The van der Waals surface area contributed by atoms with E-state index in [9.17, 15) is 4.79 Å². The number of fused-ring (bicyclic) bond motifs is 1. The topological polar surface area (TPSA) is 75.6 Å². The molecule has 0 aliphatic rings. The maximum atomic E-state index is 12.5. The number of aromatic amines is 1. The summed E-state index contributed by atoms with van der Waals surface area (Å²) >= 11 is 0. The average Bonchev–Trinajstić information content (AvgIpc) is 3.28. The van der Waals surface area contributed by atoms with E-state index >= 15 is 0 Å². The third kappa shape index (κ3) is 4.68. The van der Waals surface area contributed by atoms with Crippen LogP contribution in [0.15, 0.2) is 48.5 Å². The predicted octanol–water partition coefficient (Wildman–Crippen LogP) is 5.27. The number of amides is 1. The SMILES string of the molecule is Cc1nn(CC(C)C)c(C)c1CCC(=O)Nc1ccc(-c2nc3ccccc3[nH]2)cc1. The molecule has 2 aromatic heterocycles. The molecule has 2 heterocycles. The Hall–Kier alpha value is -3.41. The van der Waals surface area contributed by atoms with Gasteiger partial charge in [-0.2, -0.15) is 5.10 Å². The predicted molar refractivity (Wildman–Crippen MR) is 125 cm³/mol. The number of hydrogen-bond acceptors (Lipinski definition) is 3. The Morgan fingerprint density at radius 3 is 2.55 bits per heavy atom. The molecule has 31 heavy (non-hydrogen) atoms. The Balaban J connectivity index is 1.37. The van der Waals surface area contributed by atoms with Gasteiger partial charge in [-0.15, -0.1) is 0 Å². The maximum Gasteiger partial charge on any atom is 0.224 e. The van der Waals surface area contributed by atoms with Crippen LogP contribution in [0.2, 0.25) is 0 Å². The van der Waals surface area contributed by atoms with E-state index in [2.05, 4.69) is 45.8 Å². The summed E-state index contributed by atoms with van der Waals surface area (Å²) in [6.45, 7) is 9.38. The molecular weight excluding hydrogens is 386 g/mol. The zero-order chi connectivity index (χ0) is 22.0. The first kappa shape index (κ1) is 20.8. The van der Waals surface area contributed by atoms with Crippen molar-refractivity contribution in [1.82, 2.24) is 19.7 Å². The van der Waals surface area contributed by atoms with Gasteiger partial charge in [0.1, 0.15) is 5.82 Å². The lowest BCUT2D eigenvalue weighted by atomic mass is 10.1. The highest BCUT2D eigenvalue weighted by atomic mass is 16.1. The van der Waals surface area contributed by atoms with E-state index in [4.69, 9.17) is 0 Å². The van der Waals surface area contributed by atoms with Crippen LogP contribution in [0.3, 0.4) is 0 Å². The number of aryl methyl sites for hydroxylation is 1. The fourth-order valence-corrected chi connectivity index (χ4v) is 3.88. The second kappa shape index (κ2) is 8.76. The van der Waals surface area contributed by atoms with E-state index in [0.29, 0.717) is 18.8 Å². The number of carbonyl (C=O) groups excluding carboxylic acids is 1. The summed E-state index contributed by atoms with van der Waals surface area (Å²) in [7, 11) is 0. The zero-order valence-electron chi connectivity index (χ0n) is 18.6. The number of H-pyrrole nitrogens is 1. The maximum absolute atomic E-state index is 12.5. The van der Waals surface area contributed by atoms with Crippen LogP contribution in [0.1, 0.15) is 37.2 Å². The molecule has 0 bridgehead atoms. The highest BCUT2D eigenvalue weighted by molar-refractivity contribution is 5.91. The number of imidazole rings is 1. The fraction of sp³-hybridized carbons (Fsp3) is 0.320. The molecule has 160 valence electrons. The molecule has 0 aliphatic heterocycles. The van der Waals surface area contributed by atoms with Gasteiger partial charge in [-0.25, -0.2) is 4.98 Å². The van der Waals surface area contributed by atoms with E-state index in [1.807, 2.05) is 55.5 Å². The first-order chi connectivity index (χ1) is 14.9. The Morgan fingerprint density at radius 1 is 1.10 bits per heavy atom. The molecule has 0 fully saturated rings. The van der Waals surface area contributed by atoms with Crippen molar-refractivity contribution in [3.05, 3.63) is 65.5 Å². The molecule has 0 atom stereocenters. The highest BCUT2D eigenvalue weighted by Gasteiger charge is 2.14. The fourth-order valence-electron chi connectivity index (χ4n) is 3.88. The number of anilines is 1. The van der Waals surface area contributed by atoms with Crippen molar-refractivity contribution in [2.24, 2.45) is 5.92 Å². The van der Waals surface area contributed by atoms with Gasteiger partial charge in [-0.05, 0) is 68.1 Å². The lowest BCUT2D eigenvalue weighted by Gasteiger charge is -2.08.